The van der Waals surface area contributed by atoms with Crippen LogP contribution in [0, 0.1) is 0 Å². The number of hydrogen-bond donors (Lipinski definition) is 0. The fraction of sp³-hybridized carbons (Fsp3) is 0.217. The molecule has 0 spiro atoms. The number of rotatable bonds is 5. The fourth-order valence-electron chi connectivity index (χ4n) is 3.70. The average Bonchev–Trinajstić information content (AvgIpc) is 3.29. The first-order chi connectivity index (χ1) is 14.1. The van der Waals surface area contributed by atoms with E-state index in [-0.39, 0.29) is 5.41 Å². The van der Waals surface area contributed by atoms with E-state index < -0.39 is 10.0 Å². The van der Waals surface area contributed by atoms with E-state index in [0.29, 0.717) is 16.4 Å². The minimum atomic E-state index is -3.59. The first-order valence-electron chi connectivity index (χ1n) is 9.47. The molecule has 2 aromatic carbocycles. The topological polar surface area (TPSA) is 42.3 Å². The van der Waals surface area contributed by atoms with Crippen molar-refractivity contribution >= 4 is 54.4 Å². The van der Waals surface area contributed by atoms with Crippen molar-refractivity contribution in [3.63, 3.8) is 0 Å². The van der Waals surface area contributed by atoms with E-state index in [4.69, 9.17) is 11.6 Å². The summed E-state index contributed by atoms with van der Waals surface area (Å²) in [6, 6.07) is 15.3. The van der Waals surface area contributed by atoms with Crippen molar-refractivity contribution in [2.24, 2.45) is 7.05 Å². The zero-order chi connectivity index (χ0) is 21.7. The van der Waals surface area contributed by atoms with Gasteiger partial charge in [-0.1, -0.05) is 25.4 Å². The SMILES string of the molecule is Cn1ccc(C(C)(C)c2cc(Cl)cc(N(c3ccc4sccc4c3)S(C)(=O)=O)c2)c1. The lowest BCUT2D eigenvalue weighted by Gasteiger charge is -2.28. The Hall–Kier alpha value is -2.28. The van der Waals surface area contributed by atoms with Crippen LogP contribution in [-0.4, -0.2) is 19.2 Å². The van der Waals surface area contributed by atoms with Crippen molar-refractivity contribution in [2.45, 2.75) is 19.3 Å². The second-order valence-corrected chi connectivity index (χ2v) is 11.3. The number of halogens is 1. The van der Waals surface area contributed by atoms with E-state index in [2.05, 4.69) is 26.1 Å². The van der Waals surface area contributed by atoms with E-state index in [1.165, 1.54) is 10.6 Å². The Morgan fingerprint density at radius 3 is 2.43 bits per heavy atom. The zero-order valence-corrected chi connectivity index (χ0v) is 19.6. The average molecular weight is 459 g/mol. The maximum Gasteiger partial charge on any atom is 0.236 e. The highest BCUT2D eigenvalue weighted by atomic mass is 35.5. The van der Waals surface area contributed by atoms with Gasteiger partial charge in [-0.2, -0.15) is 0 Å². The van der Waals surface area contributed by atoms with Gasteiger partial charge in [-0.3, -0.25) is 0 Å². The van der Waals surface area contributed by atoms with Crippen molar-refractivity contribution in [3.05, 3.63) is 82.5 Å². The van der Waals surface area contributed by atoms with E-state index in [1.54, 1.807) is 17.4 Å². The van der Waals surface area contributed by atoms with Crippen LogP contribution in [0.5, 0.6) is 0 Å². The van der Waals surface area contributed by atoms with Crippen molar-refractivity contribution in [3.8, 4) is 0 Å². The highest BCUT2D eigenvalue weighted by Gasteiger charge is 2.27. The van der Waals surface area contributed by atoms with Gasteiger partial charge in [0.2, 0.25) is 10.0 Å². The molecule has 4 aromatic rings. The summed E-state index contributed by atoms with van der Waals surface area (Å²) in [5.41, 5.74) is 2.85. The molecule has 0 aliphatic rings. The third kappa shape index (κ3) is 3.87. The summed E-state index contributed by atoms with van der Waals surface area (Å²) < 4.78 is 30.1. The molecule has 156 valence electrons. The van der Waals surface area contributed by atoms with Gasteiger partial charge in [-0.15, -0.1) is 11.3 Å². The molecule has 0 saturated heterocycles. The number of anilines is 2. The monoisotopic (exact) mass is 458 g/mol. The van der Waals surface area contributed by atoms with Crippen molar-refractivity contribution < 1.29 is 8.42 Å². The molecule has 4 nitrogen and oxygen atoms in total. The quantitative estimate of drug-likeness (QED) is 0.351. The van der Waals surface area contributed by atoms with Crippen LogP contribution in [0.15, 0.2) is 66.3 Å². The molecule has 0 aliphatic heterocycles. The van der Waals surface area contributed by atoms with Gasteiger partial charge in [0.1, 0.15) is 0 Å². The molecule has 2 aromatic heterocycles. The highest BCUT2D eigenvalue weighted by molar-refractivity contribution is 7.92. The fourth-order valence-corrected chi connectivity index (χ4v) is 5.69. The summed E-state index contributed by atoms with van der Waals surface area (Å²) >= 11 is 8.11. The van der Waals surface area contributed by atoms with Crippen LogP contribution in [0.1, 0.15) is 25.0 Å². The molecule has 0 N–H and O–H groups in total. The largest absolute Gasteiger partial charge is 0.357 e. The number of aryl methyl sites for hydroxylation is 1. The van der Waals surface area contributed by atoms with Crippen LogP contribution in [0.3, 0.4) is 0 Å². The van der Waals surface area contributed by atoms with Crippen LogP contribution in [0.2, 0.25) is 5.02 Å². The van der Waals surface area contributed by atoms with Crippen LogP contribution < -0.4 is 4.31 Å². The summed E-state index contributed by atoms with van der Waals surface area (Å²) in [6.45, 7) is 4.22. The Bertz CT molecular complexity index is 1340. The molecule has 0 fully saturated rings. The van der Waals surface area contributed by atoms with Gasteiger partial charge in [-0.05, 0) is 70.4 Å². The van der Waals surface area contributed by atoms with Crippen LogP contribution in [0.4, 0.5) is 11.4 Å². The smallest absolute Gasteiger partial charge is 0.236 e. The molecule has 0 radical (unpaired) electrons. The lowest BCUT2D eigenvalue weighted by atomic mass is 9.79. The highest BCUT2D eigenvalue weighted by Crippen LogP contribution is 2.39. The van der Waals surface area contributed by atoms with Gasteiger partial charge in [0, 0.05) is 34.6 Å². The zero-order valence-electron chi connectivity index (χ0n) is 17.3. The molecule has 0 bridgehead atoms. The standard InChI is InChI=1S/C23H23ClN2O2S2/c1-23(2,17-7-9-25(3)15-17)18-12-19(24)14-21(13-18)26(30(4,27)28)20-5-6-22-16(11-20)8-10-29-22/h5-15H,1-4H3. The van der Waals surface area contributed by atoms with Gasteiger partial charge in [-0.25, -0.2) is 12.7 Å². The maximum absolute atomic E-state index is 12.8. The number of sulfonamides is 1. The number of aromatic nitrogens is 1. The summed E-state index contributed by atoms with van der Waals surface area (Å²) in [6.07, 6.45) is 5.29. The number of nitrogens with zero attached hydrogens (tertiary/aromatic N) is 2. The van der Waals surface area contributed by atoms with Crippen LogP contribution in [-0.2, 0) is 22.5 Å². The van der Waals surface area contributed by atoms with E-state index in [0.717, 1.165) is 21.2 Å². The predicted molar refractivity (Wildman–Crippen MR) is 128 cm³/mol. The molecule has 2 heterocycles. The van der Waals surface area contributed by atoms with Gasteiger partial charge in [0.15, 0.2) is 0 Å². The Labute approximate surface area is 186 Å². The Morgan fingerprint density at radius 2 is 1.77 bits per heavy atom. The minimum Gasteiger partial charge on any atom is -0.357 e. The molecule has 7 heteroatoms. The molecule has 30 heavy (non-hydrogen) atoms. The van der Waals surface area contributed by atoms with Gasteiger partial charge >= 0.3 is 0 Å². The normalized spacial score (nSPS) is 12.4. The molecule has 0 unspecified atom stereocenters. The number of fused-ring (bicyclic) bond motifs is 1. The number of thiophene rings is 1. The molecule has 4 rings (SSSR count). The van der Waals surface area contributed by atoms with E-state index in [1.807, 2.05) is 59.6 Å². The van der Waals surface area contributed by atoms with Crippen molar-refractivity contribution in [1.82, 2.24) is 4.57 Å². The molecular formula is C23H23ClN2O2S2. The van der Waals surface area contributed by atoms with Gasteiger partial charge < -0.3 is 4.57 Å². The Morgan fingerprint density at radius 1 is 1.00 bits per heavy atom. The second kappa shape index (κ2) is 7.45. The van der Waals surface area contributed by atoms with E-state index in [9.17, 15) is 8.42 Å². The van der Waals surface area contributed by atoms with Crippen LogP contribution in [0.25, 0.3) is 10.1 Å². The van der Waals surface area contributed by atoms with Crippen molar-refractivity contribution in [1.29, 1.82) is 0 Å². The van der Waals surface area contributed by atoms with Gasteiger partial charge in [0.25, 0.3) is 0 Å². The molecule has 0 aliphatic carbocycles. The predicted octanol–water partition coefficient (Wildman–Crippen LogP) is 6.32. The summed E-state index contributed by atoms with van der Waals surface area (Å²) in [5.74, 6) is 0. The maximum atomic E-state index is 12.8. The molecular weight excluding hydrogens is 436 g/mol. The van der Waals surface area contributed by atoms with Gasteiger partial charge in [0.05, 0.1) is 17.6 Å². The lowest BCUT2D eigenvalue weighted by Crippen LogP contribution is -2.26. The lowest BCUT2D eigenvalue weighted by molar-refractivity contribution is 0.601. The summed E-state index contributed by atoms with van der Waals surface area (Å²) in [5, 5.41) is 3.51. The second-order valence-electron chi connectivity index (χ2n) is 8.06. The Balaban J connectivity index is 1.88. The first kappa shape index (κ1) is 21.0. The van der Waals surface area contributed by atoms with E-state index >= 15 is 0 Å². The third-order valence-corrected chi connectivity index (χ3v) is 7.60. The Kier molecular flexibility index (Phi) is 5.21. The first-order valence-corrected chi connectivity index (χ1v) is 12.6. The summed E-state index contributed by atoms with van der Waals surface area (Å²) in [4.78, 5) is 0. The molecule has 0 amide bonds. The molecule has 0 atom stereocenters. The summed E-state index contributed by atoms with van der Waals surface area (Å²) in [7, 11) is -1.61. The minimum absolute atomic E-state index is 0.346. The number of hydrogen-bond acceptors (Lipinski definition) is 3. The third-order valence-electron chi connectivity index (χ3n) is 5.39. The van der Waals surface area contributed by atoms with Crippen LogP contribution >= 0.6 is 22.9 Å². The molecule has 0 saturated carbocycles. The number of benzene rings is 2. The van der Waals surface area contributed by atoms with Crippen molar-refractivity contribution in [2.75, 3.05) is 10.6 Å².